The molecule has 0 aromatic heterocycles. The number of fused-ring (bicyclic) bond motifs is 5. The zero-order valence-corrected chi connectivity index (χ0v) is 25.4. The Labute approximate surface area is 262 Å². The molecule has 0 unspecified atom stereocenters. The van der Waals surface area contributed by atoms with E-state index in [1.165, 1.54) is 37.3 Å². The molecular weight excluding hydrogens is 676 g/mol. The van der Waals surface area contributed by atoms with Gasteiger partial charge in [0.15, 0.2) is 10.1 Å². The number of hydrogen-bond donors (Lipinski definition) is 0. The molecule has 2 bridgehead atoms. The Bertz CT molecular complexity index is 1450. The van der Waals surface area contributed by atoms with Crippen LogP contribution in [0.3, 0.4) is 0 Å². The van der Waals surface area contributed by atoms with Crippen molar-refractivity contribution in [2.45, 2.75) is 27.0 Å². The van der Waals surface area contributed by atoms with E-state index in [2.05, 4.69) is 0 Å². The van der Waals surface area contributed by atoms with Gasteiger partial charge in [0.05, 0.1) is 31.9 Å². The monoisotopic (exact) mass is 686 g/mol. The predicted molar refractivity (Wildman–Crippen MR) is 152 cm³/mol. The minimum absolute atomic E-state index is 0.0368. The fourth-order valence-corrected chi connectivity index (χ4v) is 8.58. The Kier molecular flexibility index (Phi) is 7.26. The molecule has 5 atom stereocenters. The summed E-state index contributed by atoms with van der Waals surface area (Å²) in [7, 11) is 0. The fraction of sp³-hybridized carbons (Fsp3) is 0.280. The molecule has 0 spiro atoms. The maximum Gasteiger partial charge on any atom is 0.273 e. The standard InChI is InChI=1S/C25H14Cl8N2O4/c1-10(17(36)11-5-3-2-4-6-11)34(20(37)12-7-8-13(26)14(27)9-12)35-21(38)15-16(22(35)39)24(31)19(29)18(28)23(15,30)25(24,32)33/h2-10,15-16H,1H3/t10-,15-,16+,23+,24+/m0/s1. The number of halogens is 8. The molecule has 2 aromatic rings. The van der Waals surface area contributed by atoms with E-state index >= 15 is 0 Å². The lowest BCUT2D eigenvalue weighted by atomic mass is 9.84. The molecule has 2 aliphatic carbocycles. The number of hydrazine groups is 1. The van der Waals surface area contributed by atoms with Crippen molar-refractivity contribution in [2.24, 2.45) is 11.8 Å². The molecule has 1 heterocycles. The second-order valence-corrected chi connectivity index (χ2v) is 13.3. The van der Waals surface area contributed by atoms with Crippen LogP contribution in [-0.4, -0.2) is 53.6 Å². The summed E-state index contributed by atoms with van der Waals surface area (Å²) in [6.07, 6.45) is 0. The lowest BCUT2D eigenvalue weighted by Gasteiger charge is -2.38. The summed E-state index contributed by atoms with van der Waals surface area (Å²) >= 11 is 51.6. The van der Waals surface area contributed by atoms with E-state index in [0.29, 0.717) is 5.01 Å². The van der Waals surface area contributed by atoms with E-state index in [9.17, 15) is 19.2 Å². The molecular formula is C25H14Cl8N2O4. The Morgan fingerprint density at radius 2 is 1.31 bits per heavy atom. The molecule has 3 amide bonds. The third kappa shape index (κ3) is 3.69. The Morgan fingerprint density at radius 3 is 1.79 bits per heavy atom. The second kappa shape index (κ2) is 9.67. The number of alkyl halides is 4. The Morgan fingerprint density at radius 1 is 0.795 bits per heavy atom. The van der Waals surface area contributed by atoms with Crippen molar-refractivity contribution in [1.29, 1.82) is 0 Å². The van der Waals surface area contributed by atoms with Gasteiger partial charge in [0, 0.05) is 11.1 Å². The van der Waals surface area contributed by atoms with E-state index in [-0.39, 0.29) is 31.2 Å². The lowest BCUT2D eigenvalue weighted by molar-refractivity contribution is -0.157. The van der Waals surface area contributed by atoms with Crippen LogP contribution < -0.4 is 0 Å². The number of hydrogen-bond acceptors (Lipinski definition) is 4. The van der Waals surface area contributed by atoms with Crippen LogP contribution in [0.25, 0.3) is 0 Å². The van der Waals surface area contributed by atoms with Crippen LogP contribution in [0.15, 0.2) is 58.6 Å². The number of benzene rings is 2. The van der Waals surface area contributed by atoms with Crippen molar-refractivity contribution in [3.05, 3.63) is 79.8 Å². The number of nitrogens with zero attached hydrogens (tertiary/aromatic N) is 2. The van der Waals surface area contributed by atoms with E-state index < -0.39 is 55.5 Å². The largest absolute Gasteiger partial charge is 0.292 e. The molecule has 1 saturated carbocycles. The van der Waals surface area contributed by atoms with E-state index in [4.69, 9.17) is 92.8 Å². The summed E-state index contributed by atoms with van der Waals surface area (Å²) in [6, 6.07) is 10.6. The van der Waals surface area contributed by atoms with Crippen molar-refractivity contribution in [2.75, 3.05) is 0 Å². The minimum atomic E-state index is -2.16. The van der Waals surface area contributed by atoms with Crippen LogP contribution in [0, 0.1) is 11.8 Å². The normalized spacial score (nSPS) is 29.6. The van der Waals surface area contributed by atoms with Gasteiger partial charge < -0.3 is 0 Å². The molecule has 1 saturated heterocycles. The number of carbonyl (C=O) groups excluding carboxylic acids is 4. The first-order chi connectivity index (χ1) is 18.1. The van der Waals surface area contributed by atoms with Gasteiger partial charge in [0.25, 0.3) is 17.7 Å². The van der Waals surface area contributed by atoms with Gasteiger partial charge in [-0.1, -0.05) is 99.9 Å². The van der Waals surface area contributed by atoms with Crippen LogP contribution in [-0.2, 0) is 9.59 Å². The third-order valence-electron chi connectivity index (χ3n) is 7.28. The number of imide groups is 1. The number of amides is 3. The van der Waals surface area contributed by atoms with E-state index in [0.717, 1.165) is 5.01 Å². The van der Waals surface area contributed by atoms with Gasteiger partial charge in [-0.3, -0.25) is 19.2 Å². The molecule has 0 radical (unpaired) electrons. The fourth-order valence-electron chi connectivity index (χ4n) is 5.35. The van der Waals surface area contributed by atoms with Crippen molar-refractivity contribution < 1.29 is 19.2 Å². The third-order valence-corrected chi connectivity index (χ3v) is 12.3. The topological polar surface area (TPSA) is 74.8 Å². The minimum Gasteiger partial charge on any atom is -0.292 e. The SMILES string of the molecule is C[C@@H](C(=O)c1ccccc1)N(C(=O)c1ccc(Cl)c(Cl)c1)N1C(=O)[C@@H]2[C@H](C1=O)[C@@]1(Cl)C(Cl)=C(Cl)[C@@]2(Cl)C1(Cl)Cl. The second-order valence-electron chi connectivity index (χ2n) is 9.25. The van der Waals surface area contributed by atoms with Crippen LogP contribution in [0.2, 0.25) is 10.0 Å². The quantitative estimate of drug-likeness (QED) is 0.191. The Hall–Kier alpha value is -1.22. The number of allylic oxidation sites excluding steroid dienone is 2. The van der Waals surface area contributed by atoms with E-state index in [1.54, 1.807) is 18.2 Å². The summed E-state index contributed by atoms with van der Waals surface area (Å²) in [6.45, 7) is 1.37. The molecule has 2 fully saturated rings. The van der Waals surface area contributed by atoms with Gasteiger partial charge in [-0.15, -0.1) is 23.2 Å². The van der Waals surface area contributed by atoms with Crippen molar-refractivity contribution in [3.8, 4) is 0 Å². The first-order valence-electron chi connectivity index (χ1n) is 11.2. The molecule has 3 aliphatic rings. The predicted octanol–water partition coefficient (Wildman–Crippen LogP) is 7.07. The highest BCUT2D eigenvalue weighted by atomic mass is 35.5. The molecule has 5 rings (SSSR count). The average Bonchev–Trinajstić information content (AvgIpc) is 3.29. The van der Waals surface area contributed by atoms with E-state index in [1.807, 2.05) is 0 Å². The zero-order chi connectivity index (χ0) is 28.8. The van der Waals surface area contributed by atoms with Crippen molar-refractivity contribution in [3.63, 3.8) is 0 Å². The van der Waals surface area contributed by atoms with Gasteiger partial charge >= 0.3 is 0 Å². The smallest absolute Gasteiger partial charge is 0.273 e. The molecule has 14 heteroatoms. The van der Waals surface area contributed by atoms with Crippen LogP contribution >= 0.6 is 92.8 Å². The van der Waals surface area contributed by atoms with Gasteiger partial charge in [-0.05, 0) is 25.1 Å². The number of Topliss-reactive ketones (excluding diaryl/α,β-unsaturated/α-hetero) is 1. The molecule has 6 nitrogen and oxygen atoms in total. The van der Waals surface area contributed by atoms with Crippen LogP contribution in [0.4, 0.5) is 0 Å². The summed E-state index contributed by atoms with van der Waals surface area (Å²) in [5.41, 5.74) is 0.171. The van der Waals surface area contributed by atoms with Crippen LogP contribution in [0.5, 0.6) is 0 Å². The van der Waals surface area contributed by atoms with Gasteiger partial charge in [0.2, 0.25) is 0 Å². The number of rotatable bonds is 5. The first-order valence-corrected chi connectivity index (χ1v) is 14.2. The maximum atomic E-state index is 14.0. The summed E-state index contributed by atoms with van der Waals surface area (Å²) < 4.78 is -2.16. The first kappa shape index (κ1) is 29.3. The highest BCUT2D eigenvalue weighted by Gasteiger charge is 2.88. The van der Waals surface area contributed by atoms with Crippen molar-refractivity contribution in [1.82, 2.24) is 10.0 Å². The summed E-state index contributed by atoms with van der Waals surface area (Å²) in [5, 5.41) is 0.912. The zero-order valence-electron chi connectivity index (χ0n) is 19.4. The lowest BCUT2D eigenvalue weighted by Crippen LogP contribution is -2.59. The van der Waals surface area contributed by atoms with Crippen molar-refractivity contribution >= 4 is 116 Å². The Balaban J connectivity index is 1.65. The summed E-state index contributed by atoms with van der Waals surface area (Å²) in [5.74, 6) is -6.45. The number of ketones is 1. The molecule has 204 valence electrons. The average molecular weight is 690 g/mol. The molecule has 0 N–H and O–H groups in total. The summed E-state index contributed by atoms with van der Waals surface area (Å²) in [4.78, 5) is 51.3. The van der Waals surface area contributed by atoms with Crippen LogP contribution in [0.1, 0.15) is 27.6 Å². The molecule has 39 heavy (non-hydrogen) atoms. The van der Waals surface area contributed by atoms with Gasteiger partial charge in [0.1, 0.15) is 15.8 Å². The molecule has 1 aliphatic heterocycles. The highest BCUT2D eigenvalue weighted by Crippen LogP contribution is 2.77. The number of carbonyl (C=O) groups is 4. The molecule has 2 aromatic carbocycles. The van der Waals surface area contributed by atoms with Gasteiger partial charge in [-0.2, -0.15) is 5.01 Å². The van der Waals surface area contributed by atoms with Gasteiger partial charge in [-0.25, -0.2) is 5.01 Å². The highest BCUT2D eigenvalue weighted by molar-refractivity contribution is 6.66. The maximum absolute atomic E-state index is 14.0.